The first-order valence-electron chi connectivity index (χ1n) is 8.16. The van der Waals surface area contributed by atoms with Crippen molar-refractivity contribution in [1.29, 1.82) is 0 Å². The van der Waals surface area contributed by atoms with Crippen molar-refractivity contribution in [3.63, 3.8) is 0 Å². The third kappa shape index (κ3) is 3.68. The van der Waals surface area contributed by atoms with Crippen molar-refractivity contribution in [2.45, 2.75) is 0 Å². The molecule has 126 valence electrons. The molecule has 1 saturated heterocycles. The number of anilines is 2. The largest absolute Gasteiger partial charge is 0.495 e. The Labute approximate surface area is 142 Å². The summed E-state index contributed by atoms with van der Waals surface area (Å²) in [6.07, 6.45) is 0. The van der Waals surface area contributed by atoms with Gasteiger partial charge in [0.1, 0.15) is 5.75 Å². The van der Waals surface area contributed by atoms with E-state index in [9.17, 15) is 4.79 Å². The van der Waals surface area contributed by atoms with Gasteiger partial charge in [0.05, 0.1) is 19.3 Å². The number of para-hydroxylation sites is 2. The molecule has 0 amide bonds. The Morgan fingerprint density at radius 3 is 2.54 bits per heavy atom. The molecular formula is C19H23N3O2. The Morgan fingerprint density at radius 2 is 1.83 bits per heavy atom. The van der Waals surface area contributed by atoms with E-state index in [4.69, 9.17) is 10.5 Å². The number of nitrogens with zero attached hydrogens (tertiary/aromatic N) is 2. The highest BCUT2D eigenvalue weighted by Crippen LogP contribution is 2.28. The number of hydrogen-bond acceptors (Lipinski definition) is 5. The number of carbonyl (C=O) groups is 1. The van der Waals surface area contributed by atoms with Crippen LogP contribution >= 0.6 is 0 Å². The van der Waals surface area contributed by atoms with E-state index in [1.165, 1.54) is 0 Å². The van der Waals surface area contributed by atoms with Crippen molar-refractivity contribution in [3.8, 4) is 5.75 Å². The van der Waals surface area contributed by atoms with Crippen LogP contribution in [0.5, 0.6) is 5.75 Å². The third-order valence-corrected chi connectivity index (χ3v) is 4.37. The Kier molecular flexibility index (Phi) is 5.01. The van der Waals surface area contributed by atoms with Gasteiger partial charge in [0.15, 0.2) is 5.78 Å². The second-order valence-electron chi connectivity index (χ2n) is 5.98. The summed E-state index contributed by atoms with van der Waals surface area (Å²) in [6.45, 7) is 3.90. The number of hydrogen-bond donors (Lipinski definition) is 1. The maximum absolute atomic E-state index is 12.4. The zero-order valence-corrected chi connectivity index (χ0v) is 13.9. The Hall–Kier alpha value is -2.53. The second-order valence-corrected chi connectivity index (χ2v) is 5.98. The van der Waals surface area contributed by atoms with E-state index in [1.54, 1.807) is 19.2 Å². The molecule has 0 spiro atoms. The predicted octanol–water partition coefficient (Wildman–Crippen LogP) is 2.28. The molecule has 2 aromatic rings. The molecule has 0 saturated carbocycles. The fourth-order valence-corrected chi connectivity index (χ4v) is 3.04. The smallest absolute Gasteiger partial charge is 0.176 e. The Morgan fingerprint density at radius 1 is 1.08 bits per heavy atom. The Bertz CT molecular complexity index is 709. The van der Waals surface area contributed by atoms with Crippen LogP contribution in [0.1, 0.15) is 10.4 Å². The number of ketones is 1. The lowest BCUT2D eigenvalue weighted by molar-refractivity contribution is 0.0926. The van der Waals surface area contributed by atoms with Crippen LogP contribution in [0.25, 0.3) is 0 Å². The van der Waals surface area contributed by atoms with E-state index in [2.05, 4.69) is 15.9 Å². The molecule has 24 heavy (non-hydrogen) atoms. The predicted molar refractivity (Wildman–Crippen MR) is 96.8 cm³/mol. The van der Waals surface area contributed by atoms with Crippen LogP contribution in [0.2, 0.25) is 0 Å². The van der Waals surface area contributed by atoms with Crippen molar-refractivity contribution in [1.82, 2.24) is 4.90 Å². The summed E-state index contributed by atoms with van der Waals surface area (Å²) >= 11 is 0. The van der Waals surface area contributed by atoms with Crippen molar-refractivity contribution < 1.29 is 9.53 Å². The molecule has 0 aromatic heterocycles. The van der Waals surface area contributed by atoms with Gasteiger partial charge in [-0.3, -0.25) is 9.69 Å². The van der Waals surface area contributed by atoms with Gasteiger partial charge in [0.2, 0.25) is 0 Å². The van der Waals surface area contributed by atoms with Gasteiger partial charge in [0.25, 0.3) is 0 Å². The second kappa shape index (κ2) is 7.36. The monoisotopic (exact) mass is 325 g/mol. The number of piperazine rings is 1. The number of benzene rings is 2. The number of nitrogen functional groups attached to an aromatic ring is 1. The number of nitrogens with two attached hydrogens (primary N) is 1. The van der Waals surface area contributed by atoms with Gasteiger partial charge >= 0.3 is 0 Å². The SMILES string of the molecule is COc1ccccc1N1CCN(CC(=O)c2cccc(N)c2)CC1. The molecule has 0 radical (unpaired) electrons. The number of rotatable bonds is 5. The lowest BCUT2D eigenvalue weighted by atomic mass is 10.1. The highest BCUT2D eigenvalue weighted by atomic mass is 16.5. The summed E-state index contributed by atoms with van der Waals surface area (Å²) in [7, 11) is 1.69. The van der Waals surface area contributed by atoms with Crippen LogP contribution in [0.3, 0.4) is 0 Å². The molecule has 0 atom stereocenters. The van der Waals surface area contributed by atoms with Gasteiger partial charge in [-0.15, -0.1) is 0 Å². The molecule has 1 heterocycles. The molecule has 1 aliphatic rings. The van der Waals surface area contributed by atoms with Gasteiger partial charge in [0, 0.05) is 37.4 Å². The van der Waals surface area contributed by atoms with Crippen LogP contribution in [0, 0.1) is 0 Å². The van der Waals surface area contributed by atoms with Gasteiger partial charge < -0.3 is 15.4 Å². The maximum atomic E-state index is 12.4. The van der Waals surface area contributed by atoms with Crippen molar-refractivity contribution in [2.75, 3.05) is 50.5 Å². The quantitative estimate of drug-likeness (QED) is 0.675. The van der Waals surface area contributed by atoms with Crippen molar-refractivity contribution in [2.24, 2.45) is 0 Å². The zero-order valence-electron chi connectivity index (χ0n) is 13.9. The summed E-state index contributed by atoms with van der Waals surface area (Å²) < 4.78 is 5.44. The van der Waals surface area contributed by atoms with Gasteiger partial charge in [-0.25, -0.2) is 0 Å². The molecule has 0 unspecified atom stereocenters. The topological polar surface area (TPSA) is 58.8 Å². The molecule has 0 bridgehead atoms. The van der Waals surface area contributed by atoms with Crippen LogP contribution in [0.15, 0.2) is 48.5 Å². The number of carbonyl (C=O) groups excluding carboxylic acids is 1. The molecule has 5 heteroatoms. The average molecular weight is 325 g/mol. The molecule has 0 aliphatic carbocycles. The highest BCUT2D eigenvalue weighted by Gasteiger charge is 2.21. The molecule has 3 rings (SSSR count). The van der Waals surface area contributed by atoms with Gasteiger partial charge in [-0.05, 0) is 24.3 Å². The minimum atomic E-state index is 0.119. The summed E-state index contributed by atoms with van der Waals surface area (Å²) in [5.41, 5.74) is 8.18. The van der Waals surface area contributed by atoms with Crippen LogP contribution < -0.4 is 15.4 Å². The molecule has 5 nitrogen and oxygen atoms in total. The van der Waals surface area contributed by atoms with E-state index in [-0.39, 0.29) is 5.78 Å². The van der Waals surface area contributed by atoms with E-state index in [1.807, 2.05) is 30.3 Å². The first-order chi connectivity index (χ1) is 11.7. The lowest BCUT2D eigenvalue weighted by Gasteiger charge is -2.36. The average Bonchev–Trinajstić information content (AvgIpc) is 2.62. The van der Waals surface area contributed by atoms with Crippen LogP contribution in [0.4, 0.5) is 11.4 Å². The summed E-state index contributed by atoms with van der Waals surface area (Å²) in [5.74, 6) is 1.01. The standard InChI is InChI=1S/C19H23N3O2/c1-24-19-8-3-2-7-17(19)22-11-9-21(10-12-22)14-18(23)15-5-4-6-16(20)13-15/h2-8,13H,9-12,14,20H2,1H3. The van der Waals surface area contributed by atoms with Gasteiger partial charge in [-0.1, -0.05) is 24.3 Å². The summed E-state index contributed by atoms with van der Waals surface area (Å²) in [4.78, 5) is 16.9. The van der Waals surface area contributed by atoms with Crippen LogP contribution in [-0.4, -0.2) is 50.5 Å². The number of Topliss-reactive ketones (excluding diaryl/α,β-unsaturated/α-hetero) is 1. The normalized spacial score (nSPS) is 15.3. The van der Waals surface area contributed by atoms with E-state index in [0.717, 1.165) is 37.6 Å². The van der Waals surface area contributed by atoms with Crippen LogP contribution in [-0.2, 0) is 0 Å². The minimum absolute atomic E-state index is 0.119. The molecular weight excluding hydrogens is 302 g/mol. The fraction of sp³-hybridized carbons (Fsp3) is 0.316. The molecule has 2 N–H and O–H groups in total. The number of methoxy groups -OCH3 is 1. The van der Waals surface area contributed by atoms with E-state index in [0.29, 0.717) is 17.8 Å². The molecule has 1 fully saturated rings. The maximum Gasteiger partial charge on any atom is 0.176 e. The first kappa shape index (κ1) is 16.3. The highest BCUT2D eigenvalue weighted by molar-refractivity contribution is 5.98. The molecule has 2 aromatic carbocycles. The molecule has 1 aliphatic heterocycles. The zero-order chi connectivity index (χ0) is 16.9. The van der Waals surface area contributed by atoms with E-state index < -0.39 is 0 Å². The summed E-state index contributed by atoms with van der Waals surface area (Å²) in [5, 5.41) is 0. The lowest BCUT2D eigenvalue weighted by Crippen LogP contribution is -2.48. The van der Waals surface area contributed by atoms with Crippen molar-refractivity contribution in [3.05, 3.63) is 54.1 Å². The minimum Gasteiger partial charge on any atom is -0.495 e. The van der Waals surface area contributed by atoms with Gasteiger partial charge in [-0.2, -0.15) is 0 Å². The number of ether oxygens (including phenoxy) is 1. The summed E-state index contributed by atoms with van der Waals surface area (Å²) in [6, 6.07) is 15.2. The Balaban J connectivity index is 1.58. The third-order valence-electron chi connectivity index (χ3n) is 4.37. The first-order valence-corrected chi connectivity index (χ1v) is 8.16. The van der Waals surface area contributed by atoms with Crippen molar-refractivity contribution >= 4 is 17.2 Å². The fourth-order valence-electron chi connectivity index (χ4n) is 3.04. The van der Waals surface area contributed by atoms with E-state index >= 15 is 0 Å².